The highest BCUT2D eigenvalue weighted by Crippen LogP contribution is 2.76. The molecule has 5 rings (SSSR count). The summed E-state index contributed by atoms with van der Waals surface area (Å²) in [4.78, 5) is 38.2. The van der Waals surface area contributed by atoms with Crippen molar-refractivity contribution >= 4 is 17.9 Å². The van der Waals surface area contributed by atoms with Gasteiger partial charge in [0.1, 0.15) is 12.2 Å². The Bertz CT molecular complexity index is 1150. The summed E-state index contributed by atoms with van der Waals surface area (Å²) in [5.41, 5.74) is 0.382. The van der Waals surface area contributed by atoms with Crippen LogP contribution in [0.1, 0.15) is 120 Å². The number of carbonyl (C=O) groups is 3. The van der Waals surface area contributed by atoms with Gasteiger partial charge in [-0.2, -0.15) is 0 Å². The van der Waals surface area contributed by atoms with Crippen LogP contribution in [0.4, 0.5) is 0 Å². The number of methoxy groups -OCH3 is 1. The molecule has 0 bridgehead atoms. The first-order valence-corrected chi connectivity index (χ1v) is 16.0. The highest BCUT2D eigenvalue weighted by atomic mass is 16.6. The van der Waals surface area contributed by atoms with Gasteiger partial charge in [0.15, 0.2) is 0 Å². The lowest BCUT2D eigenvalue weighted by molar-refractivity contribution is -0.220. The molecule has 9 unspecified atom stereocenters. The molecular formula is C35H54O6. The summed E-state index contributed by atoms with van der Waals surface area (Å²) < 4.78 is 17.6. The average Bonchev–Trinajstić information content (AvgIpc) is 2.87. The third kappa shape index (κ3) is 4.11. The number of carbonyl (C=O) groups excluding carboxylic acids is 3. The maximum Gasteiger partial charge on any atom is 0.312 e. The number of hydrogen-bond donors (Lipinski definition) is 0. The molecule has 4 fully saturated rings. The Morgan fingerprint density at radius 2 is 1.41 bits per heavy atom. The Hall–Kier alpha value is -1.85. The summed E-state index contributed by atoms with van der Waals surface area (Å²) >= 11 is 0. The quantitative estimate of drug-likeness (QED) is 0.199. The summed E-state index contributed by atoms with van der Waals surface area (Å²) in [6.07, 6.45) is 10.4. The van der Waals surface area contributed by atoms with E-state index in [-0.39, 0.29) is 63.1 Å². The SMILES string of the molecule is COC(=O)C12CCC(C)(C)C(OC(C)=O)C1C1=CCC3C4(C)CCC(OC(C)=O)C(C)(C)C4CCC3(C)C1(C)CC2. The molecule has 0 radical (unpaired) electrons. The normalized spacial score (nSPS) is 45.9. The van der Waals surface area contributed by atoms with E-state index < -0.39 is 5.41 Å². The second-order valence-corrected chi connectivity index (χ2v) is 16.4. The van der Waals surface area contributed by atoms with Crippen LogP contribution in [0.15, 0.2) is 11.6 Å². The van der Waals surface area contributed by atoms with Gasteiger partial charge in [-0.1, -0.05) is 60.1 Å². The van der Waals surface area contributed by atoms with E-state index >= 15 is 0 Å². The molecule has 41 heavy (non-hydrogen) atoms. The molecule has 0 aromatic heterocycles. The van der Waals surface area contributed by atoms with Crippen LogP contribution in [-0.2, 0) is 28.6 Å². The molecule has 0 aliphatic heterocycles. The van der Waals surface area contributed by atoms with Crippen molar-refractivity contribution < 1.29 is 28.6 Å². The van der Waals surface area contributed by atoms with Crippen LogP contribution in [0, 0.1) is 50.2 Å². The molecule has 0 spiro atoms. The summed E-state index contributed by atoms with van der Waals surface area (Å²) in [5.74, 6) is 0.155. The minimum absolute atomic E-state index is 0.0390. The van der Waals surface area contributed by atoms with Crippen LogP contribution in [0.5, 0.6) is 0 Å². The molecule has 0 aromatic rings. The monoisotopic (exact) mass is 570 g/mol. The Morgan fingerprint density at radius 3 is 2.02 bits per heavy atom. The number of ether oxygens (including phenoxy) is 3. The largest absolute Gasteiger partial charge is 0.469 e. The van der Waals surface area contributed by atoms with Crippen LogP contribution in [0.3, 0.4) is 0 Å². The van der Waals surface area contributed by atoms with Crippen LogP contribution >= 0.6 is 0 Å². The van der Waals surface area contributed by atoms with Gasteiger partial charge in [0.2, 0.25) is 0 Å². The molecule has 9 atom stereocenters. The molecule has 5 aliphatic rings. The molecule has 5 aliphatic carbocycles. The van der Waals surface area contributed by atoms with Crippen molar-refractivity contribution in [1.29, 1.82) is 0 Å². The molecule has 4 saturated carbocycles. The smallest absolute Gasteiger partial charge is 0.312 e. The summed E-state index contributed by atoms with van der Waals surface area (Å²) in [6.45, 7) is 19.5. The third-order valence-corrected chi connectivity index (χ3v) is 13.9. The van der Waals surface area contributed by atoms with E-state index in [2.05, 4.69) is 54.5 Å². The topological polar surface area (TPSA) is 78.9 Å². The zero-order chi connectivity index (χ0) is 30.4. The second-order valence-electron chi connectivity index (χ2n) is 16.4. The standard InChI is InChI=1S/C35H54O6/c1-21(36)40-26-14-15-32(7)24(31(26,5)6)13-16-34(9)25(32)12-11-23-27-28(41-22(2)37)30(3,4)17-19-35(27,29(38)39-10)20-18-33(23,34)8/h11,24-28H,12-20H2,1-10H3. The average molecular weight is 571 g/mol. The molecule has 0 N–H and O–H groups in total. The fourth-order valence-corrected chi connectivity index (χ4v) is 11.6. The van der Waals surface area contributed by atoms with E-state index in [0.29, 0.717) is 11.8 Å². The first-order chi connectivity index (χ1) is 18.9. The molecule has 230 valence electrons. The lowest BCUT2D eigenvalue weighted by Crippen LogP contribution is -2.67. The van der Waals surface area contributed by atoms with Crippen molar-refractivity contribution in [2.45, 2.75) is 132 Å². The van der Waals surface area contributed by atoms with Gasteiger partial charge in [-0.15, -0.1) is 0 Å². The number of rotatable bonds is 3. The number of allylic oxidation sites excluding steroid dienone is 1. The van der Waals surface area contributed by atoms with Crippen LogP contribution in [0.2, 0.25) is 0 Å². The minimum atomic E-state index is -0.663. The Labute approximate surface area is 247 Å². The maximum absolute atomic E-state index is 13.7. The van der Waals surface area contributed by atoms with Gasteiger partial charge in [-0.25, -0.2) is 0 Å². The molecule has 0 heterocycles. The lowest BCUT2D eigenvalue weighted by atomic mass is 9.33. The fourth-order valence-electron chi connectivity index (χ4n) is 11.6. The highest BCUT2D eigenvalue weighted by molar-refractivity contribution is 5.79. The zero-order valence-electron chi connectivity index (χ0n) is 27.3. The molecular weight excluding hydrogens is 516 g/mol. The first kappa shape index (κ1) is 30.6. The van der Waals surface area contributed by atoms with Crippen molar-refractivity contribution in [3.05, 3.63) is 11.6 Å². The van der Waals surface area contributed by atoms with Crippen LogP contribution in [-0.4, -0.2) is 37.2 Å². The molecule has 0 aromatic carbocycles. The molecule has 0 saturated heterocycles. The van der Waals surface area contributed by atoms with E-state index in [1.807, 2.05) is 0 Å². The Morgan fingerprint density at radius 1 is 0.780 bits per heavy atom. The predicted molar refractivity (Wildman–Crippen MR) is 158 cm³/mol. The Kier molecular flexibility index (Phi) is 7.15. The van der Waals surface area contributed by atoms with E-state index in [9.17, 15) is 14.4 Å². The van der Waals surface area contributed by atoms with E-state index in [0.717, 1.165) is 57.8 Å². The van der Waals surface area contributed by atoms with Crippen LogP contribution in [0.25, 0.3) is 0 Å². The zero-order valence-corrected chi connectivity index (χ0v) is 27.3. The van der Waals surface area contributed by atoms with Crippen molar-refractivity contribution in [3.8, 4) is 0 Å². The van der Waals surface area contributed by atoms with Gasteiger partial charge in [-0.05, 0) is 85.9 Å². The summed E-state index contributed by atoms with van der Waals surface area (Å²) in [7, 11) is 1.51. The number of hydrogen-bond acceptors (Lipinski definition) is 6. The van der Waals surface area contributed by atoms with Gasteiger partial charge < -0.3 is 14.2 Å². The van der Waals surface area contributed by atoms with Gasteiger partial charge in [0.25, 0.3) is 0 Å². The van der Waals surface area contributed by atoms with Gasteiger partial charge in [0, 0.05) is 30.6 Å². The van der Waals surface area contributed by atoms with Gasteiger partial charge in [0.05, 0.1) is 12.5 Å². The summed E-state index contributed by atoms with van der Waals surface area (Å²) in [5, 5.41) is 0. The number of fused-ring (bicyclic) bond motifs is 7. The fraction of sp³-hybridized carbons (Fsp3) is 0.857. The highest BCUT2D eigenvalue weighted by Gasteiger charge is 2.71. The van der Waals surface area contributed by atoms with Gasteiger partial charge >= 0.3 is 17.9 Å². The van der Waals surface area contributed by atoms with Crippen molar-refractivity contribution in [1.82, 2.24) is 0 Å². The van der Waals surface area contributed by atoms with E-state index in [1.165, 1.54) is 26.5 Å². The minimum Gasteiger partial charge on any atom is -0.469 e. The molecule has 6 nitrogen and oxygen atoms in total. The van der Waals surface area contributed by atoms with Crippen LogP contribution < -0.4 is 0 Å². The summed E-state index contributed by atoms with van der Waals surface area (Å²) in [6, 6.07) is 0. The lowest BCUT2D eigenvalue weighted by Gasteiger charge is -2.71. The predicted octanol–water partition coefficient (Wildman–Crippen LogP) is 7.43. The van der Waals surface area contributed by atoms with E-state index in [1.54, 1.807) is 0 Å². The maximum atomic E-state index is 13.7. The van der Waals surface area contributed by atoms with Crippen molar-refractivity contribution in [3.63, 3.8) is 0 Å². The van der Waals surface area contributed by atoms with Crippen molar-refractivity contribution in [2.24, 2.45) is 50.2 Å². The van der Waals surface area contributed by atoms with Crippen molar-refractivity contribution in [2.75, 3.05) is 7.11 Å². The molecule has 6 heteroatoms. The Balaban J connectivity index is 1.61. The third-order valence-electron chi connectivity index (χ3n) is 13.9. The number of esters is 3. The molecule has 0 amide bonds. The van der Waals surface area contributed by atoms with Gasteiger partial charge in [-0.3, -0.25) is 14.4 Å². The second kappa shape index (κ2) is 9.58. The van der Waals surface area contributed by atoms with E-state index in [4.69, 9.17) is 14.2 Å². The first-order valence-electron chi connectivity index (χ1n) is 16.0.